The molecule has 4 aliphatic rings. The highest BCUT2D eigenvalue weighted by atomic mass is 16.5. The normalized spacial score (nSPS) is 23.7. The van der Waals surface area contributed by atoms with E-state index in [0.717, 1.165) is 57.1 Å². The highest BCUT2D eigenvalue weighted by Gasteiger charge is 2.43. The van der Waals surface area contributed by atoms with Crippen LogP contribution in [0.25, 0.3) is 0 Å². The predicted molar refractivity (Wildman–Crippen MR) is 139 cm³/mol. The molecule has 0 spiro atoms. The fourth-order valence-corrected chi connectivity index (χ4v) is 6.68. The Balaban J connectivity index is 1.28. The lowest BCUT2D eigenvalue weighted by Gasteiger charge is -2.39. The van der Waals surface area contributed by atoms with E-state index in [9.17, 15) is 19.2 Å². The van der Waals surface area contributed by atoms with Crippen LogP contribution in [0.15, 0.2) is 18.2 Å². The molecule has 0 bridgehead atoms. The first-order chi connectivity index (χ1) is 18.0. The number of imide groups is 1. The molecule has 0 aromatic heterocycles. The SMILES string of the molecule is CCOC(=O)C1CCCCN1C(=O)C1CCN(c2cccc3c2C(=O)N(C2CCCCCC2)C3=O)CC1. The highest BCUT2D eigenvalue weighted by molar-refractivity contribution is 6.24. The van der Waals surface area contributed by atoms with E-state index in [1.54, 1.807) is 17.9 Å². The number of carbonyl (C=O) groups excluding carboxylic acids is 4. The molecule has 1 aromatic carbocycles. The number of likely N-dealkylation sites (tertiary alicyclic amines) is 1. The monoisotopic (exact) mass is 509 g/mol. The van der Waals surface area contributed by atoms with Crippen LogP contribution in [0.5, 0.6) is 0 Å². The van der Waals surface area contributed by atoms with Gasteiger partial charge < -0.3 is 14.5 Å². The zero-order valence-electron chi connectivity index (χ0n) is 22.0. The molecule has 0 N–H and O–H groups in total. The van der Waals surface area contributed by atoms with Crippen molar-refractivity contribution in [3.8, 4) is 0 Å². The first-order valence-corrected chi connectivity index (χ1v) is 14.2. The van der Waals surface area contributed by atoms with Gasteiger partial charge in [-0.3, -0.25) is 19.3 Å². The molecule has 1 aromatic rings. The molecule has 8 heteroatoms. The van der Waals surface area contributed by atoms with Crippen molar-refractivity contribution in [1.29, 1.82) is 0 Å². The molecule has 5 rings (SSSR count). The maximum atomic E-state index is 13.6. The third-order valence-corrected chi connectivity index (χ3v) is 8.64. The maximum Gasteiger partial charge on any atom is 0.328 e. The van der Waals surface area contributed by atoms with Gasteiger partial charge in [0.1, 0.15) is 6.04 Å². The van der Waals surface area contributed by atoms with Crippen molar-refractivity contribution in [2.75, 3.05) is 31.1 Å². The lowest BCUT2D eigenvalue weighted by molar-refractivity contribution is -0.158. The average molecular weight is 510 g/mol. The van der Waals surface area contributed by atoms with Gasteiger partial charge >= 0.3 is 5.97 Å². The summed E-state index contributed by atoms with van der Waals surface area (Å²) in [5.74, 6) is -0.723. The lowest BCUT2D eigenvalue weighted by atomic mass is 9.91. The summed E-state index contributed by atoms with van der Waals surface area (Å²) in [6.45, 7) is 3.97. The van der Waals surface area contributed by atoms with E-state index in [1.165, 1.54) is 4.90 Å². The van der Waals surface area contributed by atoms with E-state index < -0.39 is 6.04 Å². The molecule has 37 heavy (non-hydrogen) atoms. The van der Waals surface area contributed by atoms with E-state index in [4.69, 9.17) is 4.74 Å². The van der Waals surface area contributed by atoms with Crippen LogP contribution in [0.1, 0.15) is 98.3 Å². The van der Waals surface area contributed by atoms with Crippen LogP contribution >= 0.6 is 0 Å². The molecular formula is C29H39N3O5. The van der Waals surface area contributed by atoms with Crippen molar-refractivity contribution in [3.05, 3.63) is 29.3 Å². The van der Waals surface area contributed by atoms with Gasteiger partial charge in [-0.25, -0.2) is 4.79 Å². The molecule has 1 unspecified atom stereocenters. The van der Waals surface area contributed by atoms with E-state index in [-0.39, 0.29) is 35.7 Å². The summed E-state index contributed by atoms with van der Waals surface area (Å²) in [5.41, 5.74) is 1.84. The number of hydrogen-bond acceptors (Lipinski definition) is 6. The number of anilines is 1. The largest absolute Gasteiger partial charge is 0.464 e. The second-order valence-corrected chi connectivity index (χ2v) is 10.9. The van der Waals surface area contributed by atoms with Crippen molar-refractivity contribution >= 4 is 29.4 Å². The third kappa shape index (κ3) is 4.99. The quantitative estimate of drug-likeness (QED) is 0.336. The van der Waals surface area contributed by atoms with Gasteiger partial charge in [0, 0.05) is 31.6 Å². The molecule has 2 saturated heterocycles. The van der Waals surface area contributed by atoms with Gasteiger partial charge in [-0.05, 0) is 64.0 Å². The second-order valence-electron chi connectivity index (χ2n) is 10.9. The highest BCUT2D eigenvalue weighted by Crippen LogP contribution is 2.37. The molecule has 1 saturated carbocycles. The minimum Gasteiger partial charge on any atom is -0.464 e. The van der Waals surface area contributed by atoms with Crippen molar-refractivity contribution in [1.82, 2.24) is 9.80 Å². The van der Waals surface area contributed by atoms with Crippen LogP contribution in [0.2, 0.25) is 0 Å². The zero-order valence-corrected chi connectivity index (χ0v) is 22.0. The number of nitrogens with zero attached hydrogens (tertiary/aromatic N) is 3. The fraction of sp³-hybridized carbons (Fsp3) is 0.655. The van der Waals surface area contributed by atoms with E-state index in [0.29, 0.717) is 56.6 Å². The first kappa shape index (κ1) is 25.7. The van der Waals surface area contributed by atoms with Crippen molar-refractivity contribution < 1.29 is 23.9 Å². The van der Waals surface area contributed by atoms with Crippen LogP contribution in [0.4, 0.5) is 5.69 Å². The number of amides is 3. The molecule has 0 radical (unpaired) electrons. The van der Waals surface area contributed by atoms with Crippen molar-refractivity contribution in [2.45, 2.75) is 89.6 Å². The van der Waals surface area contributed by atoms with Gasteiger partial charge in [-0.2, -0.15) is 0 Å². The zero-order chi connectivity index (χ0) is 25.9. The molecule has 3 heterocycles. The van der Waals surface area contributed by atoms with Crippen molar-refractivity contribution in [2.24, 2.45) is 5.92 Å². The summed E-state index contributed by atoms with van der Waals surface area (Å²) < 4.78 is 5.24. The Bertz CT molecular complexity index is 1040. The molecule has 8 nitrogen and oxygen atoms in total. The van der Waals surface area contributed by atoms with Crippen LogP contribution in [0, 0.1) is 5.92 Å². The molecule has 1 atom stereocenters. The molecular weight excluding hydrogens is 470 g/mol. The summed E-state index contributed by atoms with van der Waals surface area (Å²) >= 11 is 0. The lowest BCUT2D eigenvalue weighted by Crippen LogP contribution is -2.52. The number of carbonyl (C=O) groups is 4. The van der Waals surface area contributed by atoms with E-state index in [1.807, 2.05) is 12.1 Å². The number of piperidine rings is 2. The Morgan fingerprint density at radius 3 is 2.27 bits per heavy atom. The van der Waals surface area contributed by atoms with Crippen molar-refractivity contribution in [3.63, 3.8) is 0 Å². The number of esters is 1. The summed E-state index contributed by atoms with van der Waals surface area (Å²) in [5, 5.41) is 0. The van der Waals surface area contributed by atoms with Crippen LogP contribution in [-0.2, 0) is 14.3 Å². The van der Waals surface area contributed by atoms with E-state index in [2.05, 4.69) is 4.90 Å². The molecule has 3 aliphatic heterocycles. The first-order valence-electron chi connectivity index (χ1n) is 14.2. The number of benzene rings is 1. The van der Waals surface area contributed by atoms with Gasteiger partial charge in [-0.15, -0.1) is 0 Å². The van der Waals surface area contributed by atoms with Crippen LogP contribution in [-0.4, -0.2) is 71.8 Å². The van der Waals surface area contributed by atoms with Crippen LogP contribution < -0.4 is 4.90 Å². The predicted octanol–water partition coefficient (Wildman–Crippen LogP) is 4.17. The molecule has 200 valence electrons. The third-order valence-electron chi connectivity index (χ3n) is 8.64. The Morgan fingerprint density at radius 1 is 0.865 bits per heavy atom. The summed E-state index contributed by atoms with van der Waals surface area (Å²) in [4.78, 5) is 58.2. The summed E-state index contributed by atoms with van der Waals surface area (Å²) in [7, 11) is 0. The number of ether oxygens (including phenoxy) is 1. The van der Waals surface area contributed by atoms with Gasteiger partial charge in [0.2, 0.25) is 5.91 Å². The van der Waals surface area contributed by atoms with E-state index >= 15 is 0 Å². The maximum absolute atomic E-state index is 13.6. The Hall–Kier alpha value is -2.90. The molecule has 1 aliphatic carbocycles. The van der Waals surface area contributed by atoms with Gasteiger partial charge in [-0.1, -0.05) is 31.7 Å². The standard InChI is InChI=1S/C29H39N3O5/c1-2-37-29(36)24-13-7-8-17-31(24)26(33)20-15-18-30(19-16-20)23-14-9-12-22-25(23)28(35)32(27(22)34)21-10-5-3-4-6-11-21/h9,12,14,20-21,24H,2-8,10-11,13,15-19H2,1H3. The second kappa shape index (κ2) is 11.2. The van der Waals surface area contributed by atoms with Gasteiger partial charge in [0.25, 0.3) is 11.8 Å². The number of fused-ring (bicyclic) bond motifs is 1. The number of hydrogen-bond donors (Lipinski definition) is 0. The average Bonchev–Trinajstić information content (AvgIpc) is 3.08. The Labute approximate surface area is 219 Å². The van der Waals surface area contributed by atoms with Gasteiger partial charge in [0.05, 0.1) is 23.4 Å². The molecule has 3 fully saturated rings. The fourth-order valence-electron chi connectivity index (χ4n) is 6.68. The topological polar surface area (TPSA) is 87.2 Å². The molecule has 3 amide bonds. The smallest absolute Gasteiger partial charge is 0.328 e. The summed E-state index contributed by atoms with van der Waals surface area (Å²) in [6, 6.07) is 5.09. The Kier molecular flexibility index (Phi) is 7.81. The minimum absolute atomic E-state index is 0.0111. The van der Waals surface area contributed by atoms with Gasteiger partial charge in [0.15, 0.2) is 0 Å². The van der Waals surface area contributed by atoms with Crippen LogP contribution in [0.3, 0.4) is 0 Å². The minimum atomic E-state index is -0.477. The summed E-state index contributed by atoms with van der Waals surface area (Å²) in [6.07, 6.45) is 10.0. The number of rotatable bonds is 5. The Morgan fingerprint density at radius 2 is 1.57 bits per heavy atom.